The van der Waals surface area contributed by atoms with E-state index in [0.717, 1.165) is 36.7 Å². The number of likely N-dealkylation sites (tertiary alicyclic amines) is 2. The summed E-state index contributed by atoms with van der Waals surface area (Å²) in [6.45, 7) is 2.88. The maximum Gasteiger partial charge on any atom is 0.253 e. The fourth-order valence-electron chi connectivity index (χ4n) is 4.65. The van der Waals surface area contributed by atoms with E-state index in [0.29, 0.717) is 38.0 Å². The summed E-state index contributed by atoms with van der Waals surface area (Å²) >= 11 is 0. The van der Waals surface area contributed by atoms with Crippen molar-refractivity contribution in [3.8, 4) is 0 Å². The summed E-state index contributed by atoms with van der Waals surface area (Å²) in [5.41, 5.74) is 1.69. The normalized spacial score (nSPS) is 23.4. The van der Waals surface area contributed by atoms with Gasteiger partial charge in [0, 0.05) is 61.9 Å². The molecule has 1 spiro atoms. The van der Waals surface area contributed by atoms with E-state index in [2.05, 4.69) is 4.98 Å². The van der Waals surface area contributed by atoms with E-state index < -0.39 is 0 Å². The number of aromatic amines is 1. The third-order valence-corrected chi connectivity index (χ3v) is 6.08. The van der Waals surface area contributed by atoms with E-state index in [-0.39, 0.29) is 23.8 Å². The Hall–Kier alpha value is -2.34. The Kier molecular flexibility index (Phi) is 4.91. The first-order valence-corrected chi connectivity index (χ1v) is 9.85. The number of carbonyl (C=O) groups is 2. The standard InChI is InChI=1S/C21H27N3O3/c25-12-2-11-23-14-21(8-5-19(23)26)7-1-10-24(15-21)20(27)17-4-3-16-6-9-22-18(16)13-17/h3-4,6,9,13,22,25H,1-2,5,7-8,10-12,14-15H2/t21-/m1/s1. The molecular formula is C21H27N3O3. The highest BCUT2D eigenvalue weighted by Gasteiger charge is 2.42. The molecule has 1 aromatic heterocycles. The van der Waals surface area contributed by atoms with Crippen LogP contribution >= 0.6 is 0 Å². The third-order valence-electron chi connectivity index (χ3n) is 6.08. The van der Waals surface area contributed by atoms with Gasteiger partial charge in [-0.1, -0.05) is 6.07 Å². The fourth-order valence-corrected chi connectivity index (χ4v) is 4.65. The van der Waals surface area contributed by atoms with Crippen LogP contribution in [0.3, 0.4) is 0 Å². The summed E-state index contributed by atoms with van der Waals surface area (Å²) < 4.78 is 0. The highest BCUT2D eigenvalue weighted by Crippen LogP contribution is 2.39. The van der Waals surface area contributed by atoms with Crippen molar-refractivity contribution < 1.29 is 14.7 Å². The zero-order valence-corrected chi connectivity index (χ0v) is 15.6. The van der Waals surface area contributed by atoms with Gasteiger partial charge in [0.05, 0.1) is 0 Å². The SMILES string of the molecule is O=C1CC[C@]2(CCCN(C(=O)c3ccc4cc[nH]c4c3)C2)CN1CCCO. The first-order chi connectivity index (χ1) is 13.1. The Labute approximate surface area is 159 Å². The summed E-state index contributed by atoms with van der Waals surface area (Å²) in [5.74, 6) is 0.249. The summed E-state index contributed by atoms with van der Waals surface area (Å²) in [5, 5.41) is 10.2. The second-order valence-corrected chi connectivity index (χ2v) is 8.00. The van der Waals surface area contributed by atoms with Crippen molar-refractivity contribution in [2.45, 2.75) is 32.1 Å². The van der Waals surface area contributed by atoms with Crippen molar-refractivity contribution in [1.29, 1.82) is 0 Å². The Morgan fingerprint density at radius 2 is 2.11 bits per heavy atom. The number of hydrogen-bond acceptors (Lipinski definition) is 3. The summed E-state index contributed by atoms with van der Waals surface area (Å²) in [4.78, 5) is 32.4. The predicted octanol–water partition coefficient (Wildman–Crippen LogP) is 2.40. The van der Waals surface area contributed by atoms with Crippen LogP contribution in [0.15, 0.2) is 30.5 Å². The molecule has 2 aromatic rings. The lowest BCUT2D eigenvalue weighted by atomic mass is 9.73. The molecule has 3 heterocycles. The predicted molar refractivity (Wildman–Crippen MR) is 103 cm³/mol. The Morgan fingerprint density at radius 1 is 1.22 bits per heavy atom. The van der Waals surface area contributed by atoms with Crippen LogP contribution < -0.4 is 0 Å². The number of aliphatic hydroxyl groups is 1. The van der Waals surface area contributed by atoms with Crippen LogP contribution in [0.5, 0.6) is 0 Å². The van der Waals surface area contributed by atoms with Crippen molar-refractivity contribution in [2.75, 3.05) is 32.8 Å². The number of benzene rings is 1. The average Bonchev–Trinajstić information content (AvgIpc) is 3.16. The number of fused-ring (bicyclic) bond motifs is 1. The fraction of sp³-hybridized carbons (Fsp3) is 0.524. The first kappa shape index (κ1) is 18.0. The highest BCUT2D eigenvalue weighted by molar-refractivity contribution is 5.98. The minimum atomic E-state index is -0.00614. The van der Waals surface area contributed by atoms with Gasteiger partial charge in [0.25, 0.3) is 5.91 Å². The minimum Gasteiger partial charge on any atom is -0.396 e. The molecule has 1 atom stereocenters. The number of aromatic nitrogens is 1. The molecule has 2 N–H and O–H groups in total. The lowest BCUT2D eigenvalue weighted by Crippen LogP contribution is -2.55. The molecule has 27 heavy (non-hydrogen) atoms. The number of H-pyrrole nitrogens is 1. The summed E-state index contributed by atoms with van der Waals surface area (Å²) in [6, 6.07) is 7.81. The lowest BCUT2D eigenvalue weighted by molar-refractivity contribution is -0.139. The molecule has 0 aliphatic carbocycles. The number of nitrogens with one attached hydrogen (secondary N) is 1. The zero-order valence-electron chi connectivity index (χ0n) is 15.6. The van der Waals surface area contributed by atoms with Crippen LogP contribution in [-0.4, -0.2) is 64.5 Å². The molecule has 2 aliphatic rings. The molecule has 2 aliphatic heterocycles. The molecular weight excluding hydrogens is 342 g/mol. The number of aliphatic hydroxyl groups excluding tert-OH is 1. The third kappa shape index (κ3) is 3.58. The van der Waals surface area contributed by atoms with E-state index in [1.807, 2.05) is 40.3 Å². The number of piperidine rings is 2. The van der Waals surface area contributed by atoms with Gasteiger partial charge in [0.2, 0.25) is 5.91 Å². The van der Waals surface area contributed by atoms with Crippen molar-refractivity contribution in [3.63, 3.8) is 0 Å². The monoisotopic (exact) mass is 369 g/mol. The van der Waals surface area contributed by atoms with E-state index in [1.165, 1.54) is 0 Å². The first-order valence-electron chi connectivity index (χ1n) is 9.85. The van der Waals surface area contributed by atoms with Crippen LogP contribution in [0.2, 0.25) is 0 Å². The summed E-state index contributed by atoms with van der Waals surface area (Å²) in [7, 11) is 0. The van der Waals surface area contributed by atoms with E-state index in [9.17, 15) is 9.59 Å². The zero-order chi connectivity index (χ0) is 18.9. The topological polar surface area (TPSA) is 76.6 Å². The van der Waals surface area contributed by atoms with Gasteiger partial charge in [-0.25, -0.2) is 0 Å². The Morgan fingerprint density at radius 3 is 2.96 bits per heavy atom. The maximum absolute atomic E-state index is 13.1. The van der Waals surface area contributed by atoms with Crippen molar-refractivity contribution in [1.82, 2.24) is 14.8 Å². The van der Waals surface area contributed by atoms with Crippen LogP contribution in [0.4, 0.5) is 0 Å². The van der Waals surface area contributed by atoms with Crippen LogP contribution in [-0.2, 0) is 4.79 Å². The van der Waals surface area contributed by atoms with E-state index in [1.54, 1.807) is 0 Å². The minimum absolute atomic E-state index is 0.00614. The van der Waals surface area contributed by atoms with Gasteiger partial charge < -0.3 is 19.9 Å². The average molecular weight is 369 g/mol. The second kappa shape index (κ2) is 7.35. The highest BCUT2D eigenvalue weighted by atomic mass is 16.3. The van der Waals surface area contributed by atoms with E-state index >= 15 is 0 Å². The maximum atomic E-state index is 13.1. The Bertz CT molecular complexity index is 846. The smallest absolute Gasteiger partial charge is 0.253 e. The molecule has 2 saturated heterocycles. The largest absolute Gasteiger partial charge is 0.396 e. The summed E-state index contributed by atoms with van der Waals surface area (Å²) in [6.07, 6.45) is 5.91. The van der Waals surface area contributed by atoms with E-state index in [4.69, 9.17) is 5.11 Å². The number of amides is 2. The van der Waals surface area contributed by atoms with Gasteiger partial charge in [-0.3, -0.25) is 9.59 Å². The Balaban J connectivity index is 1.49. The molecule has 2 fully saturated rings. The van der Waals surface area contributed by atoms with Crippen LogP contribution in [0.25, 0.3) is 10.9 Å². The number of hydrogen-bond donors (Lipinski definition) is 2. The van der Waals surface area contributed by atoms with Gasteiger partial charge in [-0.15, -0.1) is 0 Å². The molecule has 0 unspecified atom stereocenters. The molecule has 4 rings (SSSR count). The number of nitrogens with zero attached hydrogens (tertiary/aromatic N) is 2. The second-order valence-electron chi connectivity index (χ2n) is 8.00. The van der Waals surface area contributed by atoms with Gasteiger partial charge in [-0.05, 0) is 49.3 Å². The van der Waals surface area contributed by atoms with Gasteiger partial charge in [0.1, 0.15) is 0 Å². The quantitative estimate of drug-likeness (QED) is 0.869. The molecule has 1 aromatic carbocycles. The van der Waals surface area contributed by atoms with Gasteiger partial charge >= 0.3 is 0 Å². The molecule has 0 radical (unpaired) electrons. The molecule has 0 bridgehead atoms. The van der Waals surface area contributed by atoms with Crippen molar-refractivity contribution in [2.24, 2.45) is 5.41 Å². The van der Waals surface area contributed by atoms with Gasteiger partial charge in [0.15, 0.2) is 0 Å². The van der Waals surface area contributed by atoms with Gasteiger partial charge in [-0.2, -0.15) is 0 Å². The molecule has 144 valence electrons. The number of rotatable bonds is 4. The number of carbonyl (C=O) groups excluding carboxylic acids is 2. The van der Waals surface area contributed by atoms with Crippen LogP contribution in [0.1, 0.15) is 42.5 Å². The molecule has 0 saturated carbocycles. The lowest BCUT2D eigenvalue weighted by Gasteiger charge is -2.48. The molecule has 6 nitrogen and oxygen atoms in total. The molecule has 2 amide bonds. The van der Waals surface area contributed by atoms with Crippen molar-refractivity contribution >= 4 is 22.7 Å². The van der Waals surface area contributed by atoms with Crippen LogP contribution in [0, 0.1) is 5.41 Å². The van der Waals surface area contributed by atoms with Crippen molar-refractivity contribution in [3.05, 3.63) is 36.0 Å². The molecule has 6 heteroatoms.